The van der Waals surface area contributed by atoms with Crippen molar-refractivity contribution in [1.82, 2.24) is 0 Å². The van der Waals surface area contributed by atoms with Gasteiger partial charge in [0.25, 0.3) is 0 Å². The average Bonchev–Trinajstić information content (AvgIpc) is 1.78. The molecule has 0 bridgehead atoms. The van der Waals surface area contributed by atoms with Gasteiger partial charge in [-0.25, -0.2) is 0 Å². The molecule has 0 radical (unpaired) electrons. The molecule has 0 rings (SSSR count). The Kier molecular flexibility index (Phi) is 3.90. The molecule has 0 saturated carbocycles. The van der Waals surface area contributed by atoms with E-state index in [9.17, 15) is 4.79 Å². The van der Waals surface area contributed by atoms with E-state index in [1.807, 2.05) is 20.8 Å². The van der Waals surface area contributed by atoms with Crippen molar-refractivity contribution in [2.24, 2.45) is 5.41 Å². The third-order valence-electron chi connectivity index (χ3n) is 1.94. The zero-order valence-electron chi connectivity index (χ0n) is 9.32. The second kappa shape index (κ2) is 3.87. The number of carbonyl (C=O) groups is 1. The molecule has 0 fully saturated rings. The minimum absolute atomic E-state index is 0.139. The summed E-state index contributed by atoms with van der Waals surface area (Å²) in [4.78, 5) is 11.5. The molecule has 12 heavy (non-hydrogen) atoms. The Balaban J connectivity index is 3.90. The van der Waals surface area contributed by atoms with E-state index >= 15 is 0 Å². The van der Waals surface area contributed by atoms with Gasteiger partial charge in [0.1, 0.15) is 0 Å². The number of hydrogen-bond donors (Lipinski definition) is 0. The third-order valence-corrected chi connectivity index (χ3v) is 3.69. The van der Waals surface area contributed by atoms with Crippen molar-refractivity contribution in [3.63, 3.8) is 0 Å². The summed E-state index contributed by atoms with van der Waals surface area (Å²) in [6, 6.07) is 0. The van der Waals surface area contributed by atoms with Gasteiger partial charge in [-0.2, -0.15) is 0 Å². The molecule has 0 aromatic rings. The fourth-order valence-corrected chi connectivity index (χ4v) is 1.84. The summed E-state index contributed by atoms with van der Waals surface area (Å²) in [5.74, 6) is 0.407. The van der Waals surface area contributed by atoms with Crippen molar-refractivity contribution in [2.45, 2.75) is 27.2 Å². The molecule has 0 spiro atoms. The number of carbonyl (C=O) groups excluding carboxylic acids is 1. The van der Waals surface area contributed by atoms with E-state index in [1.54, 1.807) is 0 Å². The second-order valence-corrected chi connectivity index (χ2v) is 11.4. The number of ketones is 1. The molecule has 2 heteroatoms. The van der Waals surface area contributed by atoms with E-state index in [4.69, 9.17) is 0 Å². The Morgan fingerprint density at radius 2 is 1.58 bits per heavy atom. The molecule has 0 aromatic heterocycles. The molecule has 0 heterocycles. The molecule has 0 aromatic carbocycles. The quantitative estimate of drug-likeness (QED) is 0.625. The monoisotopic (exact) mass is 190 g/mol. The van der Waals surface area contributed by atoms with Gasteiger partial charge >= 0.3 is 76.6 Å². The van der Waals surface area contributed by atoms with Crippen molar-refractivity contribution in [3.8, 4) is 0 Å². The minimum atomic E-state index is -1.02. The molecular formula is C10H23OP. The fraction of sp³-hybridized carbons (Fsp3) is 0.900. The van der Waals surface area contributed by atoms with Crippen LogP contribution < -0.4 is 0 Å². The topological polar surface area (TPSA) is 17.1 Å². The molecule has 0 amide bonds. The first kappa shape index (κ1) is 12.1. The van der Waals surface area contributed by atoms with Crippen LogP contribution in [0.15, 0.2) is 0 Å². The average molecular weight is 190 g/mol. The molecule has 0 aliphatic heterocycles. The van der Waals surface area contributed by atoms with E-state index in [0.29, 0.717) is 5.78 Å². The van der Waals surface area contributed by atoms with Crippen molar-refractivity contribution in [2.75, 3.05) is 26.2 Å². The zero-order chi connectivity index (χ0) is 9.99. The molecule has 74 valence electrons. The molecular weight excluding hydrogens is 167 g/mol. The Morgan fingerprint density at radius 3 is 1.83 bits per heavy atom. The summed E-state index contributed by atoms with van der Waals surface area (Å²) in [5, 5.41) is 0. The summed E-state index contributed by atoms with van der Waals surface area (Å²) < 4.78 is 0. The summed E-state index contributed by atoms with van der Waals surface area (Å²) in [6.07, 6.45) is 1.91. The van der Waals surface area contributed by atoms with Crippen molar-refractivity contribution in [1.29, 1.82) is 0 Å². The molecule has 0 aliphatic rings. The maximum atomic E-state index is 11.5. The van der Waals surface area contributed by atoms with Gasteiger partial charge in [-0.1, -0.05) is 0 Å². The van der Waals surface area contributed by atoms with Gasteiger partial charge in [-0.15, -0.1) is 0 Å². The van der Waals surface area contributed by atoms with Gasteiger partial charge in [0.2, 0.25) is 0 Å². The standard InChI is InChI=1S/C10H23OP/c1-10(2,3)9(11)7-8-12(4,5)6/h12H,7-8H2,1-6H3. The molecule has 0 N–H and O–H groups in total. The van der Waals surface area contributed by atoms with Crippen LogP contribution in [0.3, 0.4) is 0 Å². The van der Waals surface area contributed by atoms with Gasteiger partial charge in [0.05, 0.1) is 0 Å². The molecule has 0 unspecified atom stereocenters. The predicted molar refractivity (Wildman–Crippen MR) is 60.0 cm³/mol. The first-order valence-electron chi connectivity index (χ1n) is 4.66. The SMILES string of the molecule is CC(C)(C)C(=O)CC[PH](C)(C)C. The molecule has 0 atom stereocenters. The van der Waals surface area contributed by atoms with Crippen LogP contribution in [0.5, 0.6) is 0 Å². The van der Waals surface area contributed by atoms with E-state index in [0.717, 1.165) is 12.6 Å². The molecule has 1 nitrogen and oxygen atoms in total. The van der Waals surface area contributed by atoms with Crippen LogP contribution in [0.4, 0.5) is 0 Å². The van der Waals surface area contributed by atoms with E-state index < -0.39 is 7.26 Å². The summed E-state index contributed by atoms with van der Waals surface area (Å²) >= 11 is 0. The molecule has 0 aliphatic carbocycles. The van der Waals surface area contributed by atoms with Gasteiger partial charge in [-0.05, 0) is 0 Å². The first-order chi connectivity index (χ1) is 5.13. The Labute approximate surface area is 77.3 Å². The van der Waals surface area contributed by atoms with E-state index in [1.165, 1.54) is 0 Å². The number of rotatable bonds is 3. The summed E-state index contributed by atoms with van der Waals surface area (Å²) in [7, 11) is -1.02. The van der Waals surface area contributed by atoms with Crippen molar-refractivity contribution < 1.29 is 4.79 Å². The summed E-state index contributed by atoms with van der Waals surface area (Å²) in [6.45, 7) is 12.9. The Morgan fingerprint density at radius 1 is 1.17 bits per heavy atom. The Bertz CT molecular complexity index is 160. The van der Waals surface area contributed by atoms with Crippen LogP contribution in [0.2, 0.25) is 0 Å². The first-order valence-corrected chi connectivity index (χ1v) is 8.37. The predicted octanol–water partition coefficient (Wildman–Crippen LogP) is 2.63. The van der Waals surface area contributed by atoms with Crippen LogP contribution in [-0.4, -0.2) is 31.9 Å². The van der Waals surface area contributed by atoms with Gasteiger partial charge in [0, 0.05) is 0 Å². The molecule has 0 saturated heterocycles. The van der Waals surface area contributed by atoms with Crippen LogP contribution in [-0.2, 0) is 4.79 Å². The fourth-order valence-electron chi connectivity index (χ4n) is 0.864. The second-order valence-electron chi connectivity index (χ2n) is 5.73. The number of hydrogen-bond acceptors (Lipinski definition) is 1. The van der Waals surface area contributed by atoms with E-state index in [-0.39, 0.29) is 5.41 Å². The van der Waals surface area contributed by atoms with Crippen LogP contribution in [0.1, 0.15) is 27.2 Å². The number of Topliss-reactive ketones (excluding diaryl/α,β-unsaturated/α-hetero) is 1. The normalized spacial score (nSPS) is 14.5. The summed E-state index contributed by atoms with van der Waals surface area (Å²) in [5.41, 5.74) is -0.139. The third kappa shape index (κ3) is 5.71. The van der Waals surface area contributed by atoms with Gasteiger partial charge in [0.15, 0.2) is 0 Å². The van der Waals surface area contributed by atoms with Crippen molar-refractivity contribution >= 4 is 13.0 Å². The zero-order valence-corrected chi connectivity index (χ0v) is 10.3. The van der Waals surface area contributed by atoms with Crippen molar-refractivity contribution in [3.05, 3.63) is 0 Å². The Hall–Kier alpha value is 0.100. The van der Waals surface area contributed by atoms with Crippen LogP contribution in [0.25, 0.3) is 0 Å². The maximum absolute atomic E-state index is 11.5. The van der Waals surface area contributed by atoms with Gasteiger partial charge < -0.3 is 0 Å². The van der Waals surface area contributed by atoms with E-state index in [2.05, 4.69) is 20.0 Å². The van der Waals surface area contributed by atoms with Crippen LogP contribution >= 0.6 is 7.26 Å². The van der Waals surface area contributed by atoms with Gasteiger partial charge in [-0.3, -0.25) is 0 Å². The van der Waals surface area contributed by atoms with Crippen LogP contribution in [0, 0.1) is 5.41 Å².